The van der Waals surface area contributed by atoms with Gasteiger partial charge in [-0.1, -0.05) is 34.1 Å². The van der Waals surface area contributed by atoms with Crippen molar-refractivity contribution in [2.75, 3.05) is 6.54 Å². The second-order valence-corrected chi connectivity index (χ2v) is 7.38. The Labute approximate surface area is 133 Å². The minimum atomic E-state index is -3.52. The highest BCUT2D eigenvalue weighted by molar-refractivity contribution is 9.10. The Morgan fingerprint density at radius 1 is 1.14 bits per heavy atom. The lowest BCUT2D eigenvalue weighted by Gasteiger charge is -2.10. The Morgan fingerprint density at radius 2 is 1.81 bits per heavy atom. The van der Waals surface area contributed by atoms with Gasteiger partial charge in [-0.25, -0.2) is 13.1 Å². The van der Waals surface area contributed by atoms with E-state index < -0.39 is 10.0 Å². The molecule has 2 aromatic rings. The number of halogens is 1. The second kappa shape index (κ2) is 6.60. The molecule has 0 bridgehead atoms. The maximum absolute atomic E-state index is 12.3. The number of phenolic OH excluding ortho intramolecular Hbond substituents is 1. The summed E-state index contributed by atoms with van der Waals surface area (Å²) < 4.78 is 27.9. The molecule has 0 fully saturated rings. The number of aromatic hydroxyl groups is 1. The lowest BCUT2D eigenvalue weighted by Crippen LogP contribution is -2.26. The number of nitrogens with one attached hydrogen (secondary N) is 1. The Hall–Kier alpha value is -1.37. The highest BCUT2D eigenvalue weighted by Gasteiger charge is 2.16. The van der Waals surface area contributed by atoms with Gasteiger partial charge < -0.3 is 5.11 Å². The topological polar surface area (TPSA) is 66.4 Å². The van der Waals surface area contributed by atoms with E-state index in [4.69, 9.17) is 0 Å². The van der Waals surface area contributed by atoms with Gasteiger partial charge in [-0.2, -0.15) is 0 Å². The molecule has 21 heavy (non-hydrogen) atoms. The molecular formula is C15H16BrNO3S. The maximum atomic E-state index is 12.3. The van der Waals surface area contributed by atoms with Gasteiger partial charge in [0.2, 0.25) is 10.0 Å². The molecule has 0 saturated heterocycles. The predicted octanol–water partition coefficient (Wildman–Crippen LogP) is 2.98. The van der Waals surface area contributed by atoms with E-state index in [2.05, 4.69) is 20.7 Å². The second-order valence-electron chi connectivity index (χ2n) is 4.72. The molecule has 2 rings (SSSR count). The summed E-state index contributed by atoms with van der Waals surface area (Å²) in [4.78, 5) is 0.280. The number of phenols is 1. The monoisotopic (exact) mass is 369 g/mol. The first-order chi connectivity index (χ1) is 9.88. The molecule has 0 saturated carbocycles. The minimum Gasteiger partial charge on any atom is -0.508 e. The first-order valence-corrected chi connectivity index (χ1v) is 8.70. The van der Waals surface area contributed by atoms with E-state index in [0.717, 1.165) is 10.0 Å². The first-order valence-electron chi connectivity index (χ1n) is 6.42. The van der Waals surface area contributed by atoms with Crippen molar-refractivity contribution in [2.45, 2.75) is 18.2 Å². The molecule has 112 valence electrons. The largest absolute Gasteiger partial charge is 0.508 e. The molecule has 2 aromatic carbocycles. The predicted molar refractivity (Wildman–Crippen MR) is 85.9 cm³/mol. The van der Waals surface area contributed by atoms with Gasteiger partial charge in [0.15, 0.2) is 0 Å². The van der Waals surface area contributed by atoms with Crippen LogP contribution in [-0.2, 0) is 16.4 Å². The molecule has 0 unspecified atom stereocenters. The molecule has 0 amide bonds. The van der Waals surface area contributed by atoms with Gasteiger partial charge in [0.25, 0.3) is 0 Å². The first kappa shape index (κ1) is 16.0. The Morgan fingerprint density at radius 3 is 2.48 bits per heavy atom. The number of hydrogen-bond acceptors (Lipinski definition) is 3. The fourth-order valence-corrected chi connectivity index (χ4v) is 3.75. The Kier molecular flexibility index (Phi) is 5.03. The zero-order valence-electron chi connectivity index (χ0n) is 11.5. The molecular weight excluding hydrogens is 354 g/mol. The van der Waals surface area contributed by atoms with Crippen LogP contribution >= 0.6 is 15.9 Å². The van der Waals surface area contributed by atoms with Crippen molar-refractivity contribution < 1.29 is 13.5 Å². The van der Waals surface area contributed by atoms with Gasteiger partial charge in [-0.15, -0.1) is 0 Å². The number of sulfonamides is 1. The third-order valence-corrected chi connectivity index (χ3v) is 5.18. The SMILES string of the molecule is Cc1ccc(Br)cc1S(=O)(=O)NCCc1ccc(O)cc1. The summed E-state index contributed by atoms with van der Waals surface area (Å²) in [5.41, 5.74) is 1.66. The van der Waals surface area contributed by atoms with Crippen molar-refractivity contribution in [2.24, 2.45) is 0 Å². The van der Waals surface area contributed by atoms with E-state index in [0.29, 0.717) is 18.5 Å². The van der Waals surface area contributed by atoms with Crippen LogP contribution in [0.3, 0.4) is 0 Å². The molecule has 2 N–H and O–H groups in total. The van der Waals surface area contributed by atoms with Gasteiger partial charge >= 0.3 is 0 Å². The average molecular weight is 370 g/mol. The van der Waals surface area contributed by atoms with Crippen LogP contribution in [0.1, 0.15) is 11.1 Å². The van der Waals surface area contributed by atoms with Crippen molar-refractivity contribution in [3.63, 3.8) is 0 Å². The van der Waals surface area contributed by atoms with Gasteiger partial charge in [0.05, 0.1) is 4.90 Å². The number of hydrogen-bond donors (Lipinski definition) is 2. The zero-order valence-corrected chi connectivity index (χ0v) is 13.9. The lowest BCUT2D eigenvalue weighted by molar-refractivity contribution is 0.475. The molecule has 0 aliphatic heterocycles. The number of rotatable bonds is 5. The van der Waals surface area contributed by atoms with Crippen LogP contribution < -0.4 is 4.72 Å². The van der Waals surface area contributed by atoms with Crippen LogP contribution in [0.5, 0.6) is 5.75 Å². The summed E-state index contributed by atoms with van der Waals surface area (Å²) >= 11 is 3.28. The summed E-state index contributed by atoms with van der Waals surface area (Å²) in [5.74, 6) is 0.198. The zero-order chi connectivity index (χ0) is 15.5. The third-order valence-electron chi connectivity index (χ3n) is 3.08. The third kappa shape index (κ3) is 4.30. The summed E-state index contributed by atoms with van der Waals surface area (Å²) in [5, 5.41) is 9.20. The fourth-order valence-electron chi connectivity index (χ4n) is 1.93. The summed E-state index contributed by atoms with van der Waals surface area (Å²) in [6.07, 6.45) is 0.562. The summed E-state index contributed by atoms with van der Waals surface area (Å²) in [7, 11) is -3.52. The van der Waals surface area contributed by atoms with Gasteiger partial charge in [-0.3, -0.25) is 0 Å². The van der Waals surface area contributed by atoms with Gasteiger partial charge in [0.1, 0.15) is 5.75 Å². The van der Waals surface area contributed by atoms with Crippen molar-refractivity contribution >= 4 is 26.0 Å². The molecule has 0 spiro atoms. The normalized spacial score (nSPS) is 11.5. The summed E-state index contributed by atoms with van der Waals surface area (Å²) in [6.45, 7) is 2.07. The average Bonchev–Trinajstić information content (AvgIpc) is 2.43. The van der Waals surface area contributed by atoms with E-state index in [-0.39, 0.29) is 10.6 Å². The van der Waals surface area contributed by atoms with Crippen LogP contribution in [0, 0.1) is 6.92 Å². The number of aryl methyl sites for hydroxylation is 1. The van der Waals surface area contributed by atoms with Crippen LogP contribution in [0.25, 0.3) is 0 Å². The molecule has 0 radical (unpaired) electrons. The van der Waals surface area contributed by atoms with Crippen molar-refractivity contribution in [1.82, 2.24) is 4.72 Å². The van der Waals surface area contributed by atoms with Crippen LogP contribution in [0.2, 0.25) is 0 Å². The minimum absolute atomic E-state index is 0.198. The van der Waals surface area contributed by atoms with E-state index in [9.17, 15) is 13.5 Å². The van der Waals surface area contributed by atoms with Crippen LogP contribution in [0.4, 0.5) is 0 Å². The Bertz CT molecular complexity index is 727. The summed E-state index contributed by atoms with van der Waals surface area (Å²) in [6, 6.07) is 11.9. The number of benzene rings is 2. The quantitative estimate of drug-likeness (QED) is 0.851. The molecule has 0 aliphatic rings. The molecule has 6 heteroatoms. The van der Waals surface area contributed by atoms with E-state index in [1.165, 1.54) is 0 Å². The molecule has 0 atom stereocenters. The highest BCUT2D eigenvalue weighted by Crippen LogP contribution is 2.20. The van der Waals surface area contributed by atoms with E-state index in [1.54, 1.807) is 43.3 Å². The van der Waals surface area contributed by atoms with Crippen molar-refractivity contribution in [3.05, 3.63) is 58.1 Å². The van der Waals surface area contributed by atoms with Crippen molar-refractivity contribution in [3.8, 4) is 5.75 Å². The van der Waals surface area contributed by atoms with Crippen LogP contribution in [-0.4, -0.2) is 20.1 Å². The fraction of sp³-hybridized carbons (Fsp3) is 0.200. The van der Waals surface area contributed by atoms with Crippen molar-refractivity contribution in [1.29, 1.82) is 0 Å². The molecule has 0 aliphatic carbocycles. The standard InChI is InChI=1S/C15H16BrNO3S/c1-11-2-5-13(16)10-15(11)21(19,20)17-9-8-12-3-6-14(18)7-4-12/h2-7,10,17-18H,8-9H2,1H3. The Balaban J connectivity index is 2.04. The van der Waals surface area contributed by atoms with E-state index in [1.807, 2.05) is 6.07 Å². The molecule has 0 aromatic heterocycles. The molecule has 4 nitrogen and oxygen atoms in total. The lowest BCUT2D eigenvalue weighted by atomic mass is 10.1. The maximum Gasteiger partial charge on any atom is 0.240 e. The smallest absolute Gasteiger partial charge is 0.240 e. The highest BCUT2D eigenvalue weighted by atomic mass is 79.9. The van der Waals surface area contributed by atoms with Gasteiger partial charge in [-0.05, 0) is 48.7 Å². The van der Waals surface area contributed by atoms with Gasteiger partial charge in [0, 0.05) is 11.0 Å². The van der Waals surface area contributed by atoms with Crippen LogP contribution in [0.15, 0.2) is 51.8 Å². The van der Waals surface area contributed by atoms with E-state index >= 15 is 0 Å². The molecule has 0 heterocycles.